The fourth-order valence-electron chi connectivity index (χ4n) is 4.44. The number of esters is 1. The molecule has 2 aliphatic rings. The van der Waals surface area contributed by atoms with Crippen molar-refractivity contribution in [2.24, 2.45) is 0 Å². The molecule has 0 bridgehead atoms. The minimum atomic E-state index is -0.544. The second kappa shape index (κ2) is 8.67. The molecule has 1 fully saturated rings. The van der Waals surface area contributed by atoms with Crippen LogP contribution in [-0.4, -0.2) is 40.8 Å². The molecule has 162 valence electrons. The van der Waals surface area contributed by atoms with Gasteiger partial charge in [0.2, 0.25) is 5.91 Å². The number of imide groups is 1. The normalized spacial score (nSPS) is 17.1. The van der Waals surface area contributed by atoms with Crippen LogP contribution in [0.4, 0.5) is 0 Å². The van der Waals surface area contributed by atoms with Gasteiger partial charge < -0.3 is 4.74 Å². The number of carbonyl (C=O) groups excluding carboxylic acids is 3. The number of thiophene rings is 1. The van der Waals surface area contributed by atoms with Crippen LogP contribution in [0.15, 0.2) is 41.8 Å². The van der Waals surface area contributed by atoms with Crippen LogP contribution in [0.2, 0.25) is 0 Å². The Morgan fingerprint density at radius 1 is 1.09 bits per heavy atom. The van der Waals surface area contributed by atoms with Gasteiger partial charge in [0.05, 0.1) is 16.8 Å². The molecular formula is C25H22N2O4S. The van der Waals surface area contributed by atoms with Gasteiger partial charge in [0.1, 0.15) is 0 Å². The van der Waals surface area contributed by atoms with E-state index in [0.717, 1.165) is 51.9 Å². The highest BCUT2D eigenvalue weighted by Crippen LogP contribution is 2.36. The van der Waals surface area contributed by atoms with Crippen LogP contribution >= 0.6 is 11.3 Å². The van der Waals surface area contributed by atoms with Gasteiger partial charge in [-0.25, -0.2) is 9.78 Å². The van der Waals surface area contributed by atoms with Gasteiger partial charge in [0.25, 0.3) is 5.91 Å². The molecular weight excluding hydrogens is 424 g/mol. The van der Waals surface area contributed by atoms with Crippen molar-refractivity contribution in [2.75, 3.05) is 13.2 Å². The van der Waals surface area contributed by atoms with E-state index in [4.69, 9.17) is 9.72 Å². The molecule has 0 saturated carbocycles. The SMILES string of the molecule is O=C(OCC(=O)N1CCCC1=O)c1c2c(nc3ccccc13)/C(=C/c1cccs1)CCC2. The number of para-hydroxylation sites is 1. The number of fused-ring (bicyclic) bond motifs is 2. The molecule has 2 aromatic heterocycles. The van der Waals surface area contributed by atoms with Crippen molar-refractivity contribution in [3.63, 3.8) is 0 Å². The summed E-state index contributed by atoms with van der Waals surface area (Å²) in [6, 6.07) is 11.6. The molecule has 3 aromatic rings. The third-order valence-electron chi connectivity index (χ3n) is 5.94. The predicted molar refractivity (Wildman–Crippen MR) is 123 cm³/mol. The first-order valence-corrected chi connectivity index (χ1v) is 11.7. The van der Waals surface area contributed by atoms with Crippen molar-refractivity contribution in [2.45, 2.75) is 32.1 Å². The van der Waals surface area contributed by atoms with Crippen molar-refractivity contribution in [1.82, 2.24) is 9.88 Å². The first kappa shape index (κ1) is 20.6. The average molecular weight is 447 g/mol. The molecule has 3 heterocycles. The second-order valence-electron chi connectivity index (χ2n) is 7.99. The highest BCUT2D eigenvalue weighted by atomic mass is 32.1. The van der Waals surface area contributed by atoms with Gasteiger partial charge in [-0.15, -0.1) is 11.3 Å². The number of ether oxygens (including phenoxy) is 1. The number of hydrogen-bond donors (Lipinski definition) is 0. The summed E-state index contributed by atoms with van der Waals surface area (Å²) in [5, 5.41) is 2.76. The Morgan fingerprint density at radius 3 is 2.75 bits per heavy atom. The van der Waals surface area contributed by atoms with Crippen LogP contribution in [-0.2, 0) is 20.7 Å². The van der Waals surface area contributed by atoms with Crippen molar-refractivity contribution >= 4 is 51.7 Å². The Hall–Kier alpha value is -3.32. The summed E-state index contributed by atoms with van der Waals surface area (Å²) in [5.41, 5.74) is 4.00. The van der Waals surface area contributed by atoms with Crippen LogP contribution in [0, 0.1) is 0 Å². The monoisotopic (exact) mass is 446 g/mol. The number of pyridine rings is 1. The Bertz CT molecular complexity index is 1250. The zero-order valence-corrected chi connectivity index (χ0v) is 18.3. The molecule has 2 amide bonds. The number of aromatic nitrogens is 1. The van der Waals surface area contributed by atoms with Gasteiger partial charge in [0.15, 0.2) is 6.61 Å². The number of allylic oxidation sites excluding steroid dienone is 1. The molecule has 1 aromatic carbocycles. The van der Waals surface area contributed by atoms with Crippen LogP contribution < -0.4 is 0 Å². The zero-order chi connectivity index (χ0) is 22.1. The van der Waals surface area contributed by atoms with Gasteiger partial charge in [-0.1, -0.05) is 24.3 Å². The van der Waals surface area contributed by atoms with E-state index in [2.05, 4.69) is 12.1 Å². The molecule has 1 aliphatic carbocycles. The Balaban J connectivity index is 1.51. The third kappa shape index (κ3) is 3.84. The molecule has 0 unspecified atom stereocenters. The Morgan fingerprint density at radius 2 is 1.97 bits per heavy atom. The maximum atomic E-state index is 13.2. The van der Waals surface area contributed by atoms with Crippen molar-refractivity contribution in [3.8, 4) is 0 Å². The van der Waals surface area contributed by atoms with E-state index in [1.807, 2.05) is 35.7 Å². The van der Waals surface area contributed by atoms with Crippen molar-refractivity contribution in [3.05, 3.63) is 63.5 Å². The van der Waals surface area contributed by atoms with E-state index in [1.54, 1.807) is 11.3 Å². The van der Waals surface area contributed by atoms with E-state index >= 15 is 0 Å². The third-order valence-corrected chi connectivity index (χ3v) is 6.75. The predicted octanol–water partition coefficient (Wildman–Crippen LogP) is 4.48. The molecule has 5 rings (SSSR count). The number of nitrogens with zero attached hydrogens (tertiary/aromatic N) is 2. The topological polar surface area (TPSA) is 76.6 Å². The quantitative estimate of drug-likeness (QED) is 0.553. The van der Waals surface area contributed by atoms with Crippen LogP contribution in [0.1, 0.15) is 52.2 Å². The minimum Gasteiger partial charge on any atom is -0.452 e. The summed E-state index contributed by atoms with van der Waals surface area (Å²) in [6.45, 7) is -0.0480. The Kier molecular flexibility index (Phi) is 5.57. The zero-order valence-electron chi connectivity index (χ0n) is 17.5. The highest BCUT2D eigenvalue weighted by molar-refractivity contribution is 7.10. The van der Waals surface area contributed by atoms with E-state index in [1.165, 1.54) is 4.90 Å². The summed E-state index contributed by atoms with van der Waals surface area (Å²) in [4.78, 5) is 44.6. The fraction of sp³-hybridized carbons (Fsp3) is 0.280. The second-order valence-corrected chi connectivity index (χ2v) is 8.97. The van der Waals surface area contributed by atoms with E-state index in [-0.39, 0.29) is 5.91 Å². The van der Waals surface area contributed by atoms with Crippen LogP contribution in [0.5, 0.6) is 0 Å². The maximum Gasteiger partial charge on any atom is 0.339 e. The fourth-order valence-corrected chi connectivity index (χ4v) is 5.12. The lowest BCUT2D eigenvalue weighted by Gasteiger charge is -2.22. The van der Waals surface area contributed by atoms with Crippen molar-refractivity contribution < 1.29 is 19.1 Å². The summed E-state index contributed by atoms with van der Waals surface area (Å²) in [5.74, 6) is -1.22. The van der Waals surface area contributed by atoms with E-state index < -0.39 is 18.5 Å². The summed E-state index contributed by atoms with van der Waals surface area (Å²) < 4.78 is 5.44. The Labute approximate surface area is 189 Å². The standard InChI is InChI=1S/C25H22N2O4S/c28-21-11-4-12-27(21)22(29)15-31-25(30)23-18-8-1-2-10-20(18)26-24-16(6-3-9-19(23)24)14-17-7-5-13-32-17/h1-2,5,7-8,10,13-14H,3-4,6,9,11-12,15H2/b16-14+. The van der Waals surface area contributed by atoms with Gasteiger partial charge in [0, 0.05) is 23.2 Å². The van der Waals surface area contributed by atoms with Crippen LogP contribution in [0.25, 0.3) is 22.6 Å². The number of amides is 2. The van der Waals surface area contributed by atoms with E-state index in [9.17, 15) is 14.4 Å². The number of benzene rings is 1. The summed E-state index contributed by atoms with van der Waals surface area (Å²) in [7, 11) is 0. The molecule has 1 aliphatic heterocycles. The molecule has 32 heavy (non-hydrogen) atoms. The molecule has 0 spiro atoms. The first-order valence-electron chi connectivity index (χ1n) is 10.8. The first-order chi connectivity index (χ1) is 15.6. The maximum absolute atomic E-state index is 13.2. The van der Waals surface area contributed by atoms with Gasteiger partial charge >= 0.3 is 5.97 Å². The van der Waals surface area contributed by atoms with Crippen molar-refractivity contribution in [1.29, 1.82) is 0 Å². The summed E-state index contributed by atoms with van der Waals surface area (Å²) >= 11 is 1.66. The highest BCUT2D eigenvalue weighted by Gasteiger charge is 2.29. The number of hydrogen-bond acceptors (Lipinski definition) is 6. The molecule has 0 atom stereocenters. The number of carbonyl (C=O) groups is 3. The minimum absolute atomic E-state index is 0.207. The lowest BCUT2D eigenvalue weighted by atomic mass is 9.86. The molecule has 0 radical (unpaired) electrons. The number of likely N-dealkylation sites (tertiary alicyclic amines) is 1. The molecule has 1 saturated heterocycles. The lowest BCUT2D eigenvalue weighted by Crippen LogP contribution is -2.35. The summed E-state index contributed by atoms with van der Waals surface area (Å²) in [6.07, 6.45) is 5.67. The largest absolute Gasteiger partial charge is 0.452 e. The van der Waals surface area contributed by atoms with Gasteiger partial charge in [-0.3, -0.25) is 14.5 Å². The van der Waals surface area contributed by atoms with Gasteiger partial charge in [-0.05, 0) is 60.4 Å². The number of rotatable bonds is 4. The molecule has 0 N–H and O–H groups in total. The van der Waals surface area contributed by atoms with Crippen LogP contribution in [0.3, 0.4) is 0 Å². The lowest BCUT2D eigenvalue weighted by molar-refractivity contribution is -0.143. The van der Waals surface area contributed by atoms with E-state index in [0.29, 0.717) is 24.9 Å². The molecule has 7 heteroatoms. The average Bonchev–Trinajstić information content (AvgIpc) is 3.47. The molecule has 6 nitrogen and oxygen atoms in total. The van der Waals surface area contributed by atoms with Gasteiger partial charge in [-0.2, -0.15) is 0 Å². The smallest absolute Gasteiger partial charge is 0.339 e.